The summed E-state index contributed by atoms with van der Waals surface area (Å²) in [6.45, 7) is 2.88. The van der Waals surface area contributed by atoms with Crippen molar-refractivity contribution in [2.75, 3.05) is 13.2 Å². The average molecular weight is 565 g/mol. The van der Waals surface area contributed by atoms with Crippen molar-refractivity contribution in [2.45, 2.75) is 39.2 Å². The minimum atomic E-state index is -0.318. The van der Waals surface area contributed by atoms with Crippen LogP contribution >= 0.6 is 0 Å². The van der Waals surface area contributed by atoms with Gasteiger partial charge in [-0.3, -0.25) is 4.79 Å². The SMILES string of the molecule is CCOC(=O)CCCCCOc1ccc2cc(-c3nc(OCc4ccccc4F)cc(-c4ccccc4)n3)ccc2c1. The molecule has 0 saturated heterocycles. The van der Waals surface area contributed by atoms with Crippen LogP contribution in [0.15, 0.2) is 97.1 Å². The lowest BCUT2D eigenvalue weighted by Crippen LogP contribution is -2.04. The third-order valence-electron chi connectivity index (χ3n) is 6.77. The van der Waals surface area contributed by atoms with Crippen molar-refractivity contribution < 1.29 is 23.4 Å². The van der Waals surface area contributed by atoms with Crippen LogP contribution in [0.1, 0.15) is 38.2 Å². The number of halogens is 1. The van der Waals surface area contributed by atoms with Crippen molar-refractivity contribution in [3.05, 3.63) is 108 Å². The van der Waals surface area contributed by atoms with E-state index in [1.165, 1.54) is 6.07 Å². The monoisotopic (exact) mass is 564 g/mol. The normalized spacial score (nSPS) is 10.9. The number of rotatable bonds is 13. The first-order chi connectivity index (χ1) is 20.6. The number of hydrogen-bond acceptors (Lipinski definition) is 6. The van der Waals surface area contributed by atoms with E-state index < -0.39 is 0 Å². The van der Waals surface area contributed by atoms with Crippen LogP contribution in [-0.4, -0.2) is 29.2 Å². The zero-order valence-electron chi connectivity index (χ0n) is 23.6. The van der Waals surface area contributed by atoms with Crippen LogP contribution in [0, 0.1) is 5.82 Å². The Morgan fingerprint density at radius 2 is 1.55 bits per heavy atom. The minimum absolute atomic E-state index is 0.0588. The Morgan fingerprint density at radius 1 is 0.762 bits per heavy atom. The summed E-state index contributed by atoms with van der Waals surface area (Å²) < 4.78 is 31.1. The van der Waals surface area contributed by atoms with Gasteiger partial charge in [-0.2, -0.15) is 4.98 Å². The van der Waals surface area contributed by atoms with E-state index in [4.69, 9.17) is 19.2 Å². The van der Waals surface area contributed by atoms with Crippen LogP contribution in [0.5, 0.6) is 11.6 Å². The number of carbonyl (C=O) groups is 1. The average Bonchev–Trinajstić information content (AvgIpc) is 3.02. The lowest BCUT2D eigenvalue weighted by Gasteiger charge is -2.12. The van der Waals surface area contributed by atoms with Crippen molar-refractivity contribution >= 4 is 16.7 Å². The molecule has 0 atom stereocenters. The summed E-state index contributed by atoms with van der Waals surface area (Å²) in [6.07, 6.45) is 3.02. The molecule has 6 nitrogen and oxygen atoms in total. The predicted octanol–water partition coefficient (Wildman–Crippen LogP) is 8.18. The van der Waals surface area contributed by atoms with Gasteiger partial charge < -0.3 is 14.2 Å². The zero-order valence-corrected chi connectivity index (χ0v) is 23.6. The number of benzene rings is 4. The number of esters is 1. The van der Waals surface area contributed by atoms with Gasteiger partial charge in [0.25, 0.3) is 0 Å². The number of ether oxygens (including phenoxy) is 3. The molecule has 0 bridgehead atoms. The molecule has 0 radical (unpaired) electrons. The number of nitrogens with zero attached hydrogens (tertiary/aromatic N) is 2. The van der Waals surface area contributed by atoms with Gasteiger partial charge in [-0.25, -0.2) is 9.37 Å². The number of aromatic nitrogens is 2. The van der Waals surface area contributed by atoms with E-state index >= 15 is 0 Å². The van der Waals surface area contributed by atoms with E-state index in [0.717, 1.165) is 52.6 Å². The number of carbonyl (C=O) groups excluding carboxylic acids is 1. The number of hydrogen-bond donors (Lipinski definition) is 0. The van der Waals surface area contributed by atoms with Crippen LogP contribution in [0.3, 0.4) is 0 Å². The van der Waals surface area contributed by atoms with Gasteiger partial charge in [0, 0.05) is 29.2 Å². The topological polar surface area (TPSA) is 70.5 Å². The molecule has 0 aliphatic rings. The van der Waals surface area contributed by atoms with Crippen molar-refractivity contribution in [1.29, 1.82) is 0 Å². The summed E-state index contributed by atoms with van der Waals surface area (Å²) in [5.41, 5.74) is 2.95. The Bertz CT molecular complexity index is 1640. The van der Waals surface area contributed by atoms with Gasteiger partial charge in [0.05, 0.1) is 18.9 Å². The molecular formula is C35H33FN2O4. The molecule has 5 rings (SSSR count). The highest BCUT2D eigenvalue weighted by Crippen LogP contribution is 2.29. The van der Waals surface area contributed by atoms with Crippen molar-refractivity contribution in [3.63, 3.8) is 0 Å². The minimum Gasteiger partial charge on any atom is -0.494 e. The molecular weight excluding hydrogens is 531 g/mol. The zero-order chi connectivity index (χ0) is 29.1. The first-order valence-electron chi connectivity index (χ1n) is 14.2. The summed E-state index contributed by atoms with van der Waals surface area (Å²) >= 11 is 0. The molecule has 0 spiro atoms. The van der Waals surface area contributed by atoms with Gasteiger partial charge in [0.1, 0.15) is 18.2 Å². The molecule has 0 saturated carbocycles. The molecule has 0 aliphatic heterocycles. The Hall–Kier alpha value is -4.78. The van der Waals surface area contributed by atoms with E-state index in [9.17, 15) is 9.18 Å². The van der Waals surface area contributed by atoms with E-state index in [0.29, 0.717) is 36.9 Å². The maximum absolute atomic E-state index is 14.2. The fourth-order valence-corrected chi connectivity index (χ4v) is 4.58. The predicted molar refractivity (Wildman–Crippen MR) is 162 cm³/mol. The van der Waals surface area contributed by atoms with Gasteiger partial charge >= 0.3 is 5.97 Å². The Morgan fingerprint density at radius 3 is 2.38 bits per heavy atom. The van der Waals surface area contributed by atoms with Crippen LogP contribution < -0.4 is 9.47 Å². The lowest BCUT2D eigenvalue weighted by atomic mass is 10.1. The highest BCUT2D eigenvalue weighted by atomic mass is 19.1. The molecule has 7 heteroatoms. The smallest absolute Gasteiger partial charge is 0.305 e. The molecule has 0 amide bonds. The van der Waals surface area contributed by atoms with Crippen LogP contribution in [-0.2, 0) is 16.1 Å². The molecule has 4 aromatic carbocycles. The van der Waals surface area contributed by atoms with Gasteiger partial charge in [-0.15, -0.1) is 0 Å². The molecule has 0 unspecified atom stereocenters. The maximum Gasteiger partial charge on any atom is 0.305 e. The molecule has 5 aromatic rings. The number of fused-ring (bicyclic) bond motifs is 1. The first-order valence-corrected chi connectivity index (χ1v) is 14.2. The van der Waals surface area contributed by atoms with Crippen LogP contribution in [0.25, 0.3) is 33.4 Å². The highest BCUT2D eigenvalue weighted by Gasteiger charge is 2.12. The summed E-state index contributed by atoms with van der Waals surface area (Å²) in [5.74, 6) is 1.22. The van der Waals surface area contributed by atoms with Crippen molar-refractivity contribution in [3.8, 4) is 34.3 Å². The molecule has 0 N–H and O–H groups in total. The number of unbranched alkanes of at least 4 members (excludes halogenated alkanes) is 2. The van der Waals surface area contributed by atoms with E-state index in [1.54, 1.807) is 24.3 Å². The fourth-order valence-electron chi connectivity index (χ4n) is 4.58. The van der Waals surface area contributed by atoms with Gasteiger partial charge in [-0.1, -0.05) is 66.7 Å². The van der Waals surface area contributed by atoms with Crippen LogP contribution in [0.2, 0.25) is 0 Å². The first kappa shape index (κ1) is 28.7. The molecule has 42 heavy (non-hydrogen) atoms. The highest BCUT2D eigenvalue weighted by molar-refractivity contribution is 5.87. The van der Waals surface area contributed by atoms with Gasteiger partial charge in [0.2, 0.25) is 5.88 Å². The summed E-state index contributed by atoms with van der Waals surface area (Å²) in [4.78, 5) is 21.0. The molecule has 0 aliphatic carbocycles. The summed E-state index contributed by atoms with van der Waals surface area (Å²) in [5, 5.41) is 2.06. The Labute approximate surface area is 245 Å². The second-order valence-corrected chi connectivity index (χ2v) is 9.85. The van der Waals surface area contributed by atoms with Gasteiger partial charge in [-0.05, 0) is 61.2 Å². The Balaban J connectivity index is 1.30. The third-order valence-corrected chi connectivity index (χ3v) is 6.77. The second-order valence-electron chi connectivity index (χ2n) is 9.85. The molecule has 214 valence electrons. The van der Waals surface area contributed by atoms with Crippen molar-refractivity contribution in [1.82, 2.24) is 9.97 Å². The van der Waals surface area contributed by atoms with Gasteiger partial charge in [0.15, 0.2) is 5.82 Å². The maximum atomic E-state index is 14.2. The molecule has 0 fully saturated rings. The van der Waals surface area contributed by atoms with E-state index in [-0.39, 0.29) is 18.4 Å². The largest absolute Gasteiger partial charge is 0.494 e. The summed E-state index contributed by atoms with van der Waals surface area (Å²) in [7, 11) is 0. The van der Waals surface area contributed by atoms with E-state index in [1.807, 2.05) is 73.7 Å². The molecule has 1 aromatic heterocycles. The quantitative estimate of drug-likeness (QED) is 0.106. The fraction of sp³-hybridized carbons (Fsp3) is 0.229. The third kappa shape index (κ3) is 7.69. The lowest BCUT2D eigenvalue weighted by molar-refractivity contribution is -0.143. The molecule has 1 heterocycles. The standard InChI is InChI=1S/C35H33FN2O4/c1-2-40-34(39)15-7-4-10-20-41-30-19-18-26-21-28(17-16-27(26)22-30)35-37-32(25-11-5-3-6-12-25)23-33(38-35)42-24-29-13-8-9-14-31(29)36/h3,5-6,8-9,11-14,16-19,21-23H,2,4,7,10,15,20,24H2,1H3. The van der Waals surface area contributed by atoms with E-state index in [2.05, 4.69) is 4.98 Å². The van der Waals surface area contributed by atoms with Crippen LogP contribution in [0.4, 0.5) is 4.39 Å². The Kier molecular flexibility index (Phi) is 9.73. The summed E-state index contributed by atoms with van der Waals surface area (Å²) in [6, 6.07) is 30.2. The van der Waals surface area contributed by atoms with Crippen molar-refractivity contribution in [2.24, 2.45) is 0 Å². The second kappa shape index (κ2) is 14.2.